The Labute approximate surface area is 110 Å². The van der Waals surface area contributed by atoms with E-state index in [0.717, 1.165) is 5.00 Å². The maximum atomic E-state index is 4.18. The molecular formula is C11H7N3S3. The van der Waals surface area contributed by atoms with Gasteiger partial charge in [0.2, 0.25) is 5.13 Å². The highest BCUT2D eigenvalue weighted by molar-refractivity contribution is 7.23. The Balaban J connectivity index is 1.82. The normalized spacial score (nSPS) is 11.3. The van der Waals surface area contributed by atoms with Crippen LogP contribution >= 0.6 is 34.0 Å². The molecule has 0 aliphatic rings. The molecular weight excluding hydrogens is 270 g/mol. The van der Waals surface area contributed by atoms with Crippen molar-refractivity contribution >= 4 is 44.1 Å². The second-order valence-corrected chi connectivity index (χ2v) is 6.01. The molecule has 3 aromatic heterocycles. The third kappa shape index (κ3) is 2.49. The van der Waals surface area contributed by atoms with E-state index in [1.165, 1.54) is 21.1 Å². The van der Waals surface area contributed by atoms with Gasteiger partial charge in [-0.05, 0) is 23.6 Å². The summed E-state index contributed by atoms with van der Waals surface area (Å²) in [6.07, 6.45) is 1.73. The minimum absolute atomic E-state index is 0.691. The number of thiophene rings is 2. The Morgan fingerprint density at radius 2 is 1.94 bits per heavy atom. The van der Waals surface area contributed by atoms with Crippen LogP contribution in [-0.2, 0) is 0 Å². The summed E-state index contributed by atoms with van der Waals surface area (Å²) in [7, 11) is 0. The van der Waals surface area contributed by atoms with Gasteiger partial charge in [0.05, 0.1) is 0 Å². The fourth-order valence-corrected chi connectivity index (χ4v) is 3.41. The molecule has 0 unspecified atom stereocenters. The van der Waals surface area contributed by atoms with E-state index >= 15 is 0 Å². The lowest BCUT2D eigenvalue weighted by Gasteiger charge is -1.86. The second kappa shape index (κ2) is 4.87. The van der Waals surface area contributed by atoms with Gasteiger partial charge in [0.1, 0.15) is 5.00 Å². The molecule has 84 valence electrons. The van der Waals surface area contributed by atoms with Crippen molar-refractivity contribution in [1.82, 2.24) is 4.98 Å². The zero-order chi connectivity index (χ0) is 11.5. The van der Waals surface area contributed by atoms with Gasteiger partial charge in [-0.15, -0.1) is 44.2 Å². The van der Waals surface area contributed by atoms with E-state index in [4.69, 9.17) is 0 Å². The van der Waals surface area contributed by atoms with E-state index in [1.807, 2.05) is 11.4 Å². The van der Waals surface area contributed by atoms with Crippen molar-refractivity contribution in [3.8, 4) is 9.75 Å². The van der Waals surface area contributed by atoms with Gasteiger partial charge >= 0.3 is 0 Å². The molecule has 0 fully saturated rings. The fourth-order valence-electron chi connectivity index (χ4n) is 1.29. The summed E-state index contributed by atoms with van der Waals surface area (Å²) in [4.78, 5) is 6.55. The lowest BCUT2D eigenvalue weighted by molar-refractivity contribution is 1.21. The number of nitrogens with zero attached hydrogens (tertiary/aromatic N) is 3. The monoisotopic (exact) mass is 277 g/mol. The summed E-state index contributed by atoms with van der Waals surface area (Å²) in [5.41, 5.74) is 0. The zero-order valence-corrected chi connectivity index (χ0v) is 11.1. The molecule has 0 aromatic carbocycles. The van der Waals surface area contributed by atoms with Crippen molar-refractivity contribution in [3.63, 3.8) is 0 Å². The van der Waals surface area contributed by atoms with Gasteiger partial charge < -0.3 is 0 Å². The highest BCUT2D eigenvalue weighted by Crippen LogP contribution is 2.36. The van der Waals surface area contributed by atoms with Crippen molar-refractivity contribution in [1.29, 1.82) is 0 Å². The van der Waals surface area contributed by atoms with Crippen molar-refractivity contribution in [2.45, 2.75) is 0 Å². The Bertz CT molecular complexity index is 608. The zero-order valence-electron chi connectivity index (χ0n) is 8.61. The van der Waals surface area contributed by atoms with Crippen LogP contribution in [0.3, 0.4) is 0 Å². The maximum Gasteiger partial charge on any atom is 0.229 e. The first-order valence-corrected chi connectivity index (χ1v) is 7.44. The van der Waals surface area contributed by atoms with Crippen LogP contribution in [0.15, 0.2) is 51.5 Å². The van der Waals surface area contributed by atoms with Gasteiger partial charge in [-0.3, -0.25) is 0 Å². The molecule has 0 saturated carbocycles. The smallest absolute Gasteiger partial charge is 0.226 e. The summed E-state index contributed by atoms with van der Waals surface area (Å²) in [6, 6.07) is 8.22. The van der Waals surface area contributed by atoms with E-state index in [2.05, 4.69) is 38.8 Å². The van der Waals surface area contributed by atoms with E-state index < -0.39 is 0 Å². The van der Waals surface area contributed by atoms with Crippen molar-refractivity contribution in [2.24, 2.45) is 10.2 Å². The van der Waals surface area contributed by atoms with Crippen LogP contribution in [0.5, 0.6) is 0 Å². The van der Waals surface area contributed by atoms with Gasteiger partial charge in [-0.2, -0.15) is 0 Å². The van der Waals surface area contributed by atoms with E-state index in [0.29, 0.717) is 5.13 Å². The molecule has 0 N–H and O–H groups in total. The van der Waals surface area contributed by atoms with E-state index in [-0.39, 0.29) is 0 Å². The molecule has 17 heavy (non-hydrogen) atoms. The van der Waals surface area contributed by atoms with Gasteiger partial charge in [-0.25, -0.2) is 4.98 Å². The highest BCUT2D eigenvalue weighted by atomic mass is 32.1. The number of hydrogen-bond acceptors (Lipinski definition) is 6. The molecule has 0 atom stereocenters. The Hall–Kier alpha value is -1.37. The van der Waals surface area contributed by atoms with Crippen LogP contribution in [0.1, 0.15) is 0 Å². The number of aromatic nitrogens is 1. The van der Waals surface area contributed by atoms with Gasteiger partial charge in [0, 0.05) is 21.3 Å². The molecule has 0 amide bonds. The number of rotatable bonds is 3. The molecule has 0 saturated heterocycles. The number of thiazole rings is 1. The van der Waals surface area contributed by atoms with Crippen molar-refractivity contribution in [3.05, 3.63) is 41.2 Å². The topological polar surface area (TPSA) is 37.6 Å². The largest absolute Gasteiger partial charge is 0.229 e. The van der Waals surface area contributed by atoms with Gasteiger partial charge in [0.15, 0.2) is 0 Å². The minimum atomic E-state index is 0.691. The molecule has 0 aliphatic carbocycles. The Kier molecular flexibility index (Phi) is 3.08. The maximum absolute atomic E-state index is 4.18. The molecule has 3 heterocycles. The lowest BCUT2D eigenvalue weighted by atomic mass is 10.4. The van der Waals surface area contributed by atoms with Crippen LogP contribution < -0.4 is 0 Å². The van der Waals surface area contributed by atoms with E-state index in [1.54, 1.807) is 28.9 Å². The standard InChI is InChI=1S/C11H7N3S3/c1-2-8(15-6-1)9-3-4-10(17-9)13-14-11-12-5-7-16-11/h1-7H/b14-13+. The first-order chi connectivity index (χ1) is 8.42. The summed E-state index contributed by atoms with van der Waals surface area (Å²) in [6.45, 7) is 0. The molecule has 0 bridgehead atoms. The molecule has 3 rings (SSSR count). The Morgan fingerprint density at radius 1 is 0.941 bits per heavy atom. The van der Waals surface area contributed by atoms with Crippen LogP contribution in [0.4, 0.5) is 10.1 Å². The van der Waals surface area contributed by atoms with Gasteiger partial charge in [-0.1, -0.05) is 6.07 Å². The first-order valence-electron chi connectivity index (χ1n) is 4.87. The summed E-state index contributed by atoms with van der Waals surface area (Å²) < 4.78 is 0. The summed E-state index contributed by atoms with van der Waals surface area (Å²) >= 11 is 4.85. The average Bonchev–Trinajstić information content (AvgIpc) is 3.09. The quantitative estimate of drug-likeness (QED) is 0.595. The predicted octanol–water partition coefficient (Wildman–Crippen LogP) is 5.35. The first kappa shape index (κ1) is 10.8. The SMILES string of the molecule is c1csc(-c2ccc(/N=N/c3nccs3)s2)c1. The van der Waals surface area contributed by atoms with Crippen LogP contribution in [0.2, 0.25) is 0 Å². The van der Waals surface area contributed by atoms with Crippen LogP contribution in [-0.4, -0.2) is 4.98 Å². The molecule has 0 aliphatic heterocycles. The summed E-state index contributed by atoms with van der Waals surface area (Å²) in [5.74, 6) is 0. The lowest BCUT2D eigenvalue weighted by Crippen LogP contribution is -1.55. The fraction of sp³-hybridized carbons (Fsp3) is 0. The molecule has 6 heteroatoms. The minimum Gasteiger partial charge on any atom is -0.226 e. The third-order valence-electron chi connectivity index (χ3n) is 2.01. The Morgan fingerprint density at radius 3 is 2.71 bits per heavy atom. The summed E-state index contributed by atoms with van der Waals surface area (Å²) in [5, 5.41) is 13.8. The molecule has 0 spiro atoms. The molecule has 3 aromatic rings. The van der Waals surface area contributed by atoms with E-state index in [9.17, 15) is 0 Å². The van der Waals surface area contributed by atoms with Gasteiger partial charge in [0.25, 0.3) is 0 Å². The second-order valence-electron chi connectivity index (χ2n) is 3.13. The molecule has 3 nitrogen and oxygen atoms in total. The van der Waals surface area contributed by atoms with Crippen LogP contribution in [0.25, 0.3) is 9.75 Å². The van der Waals surface area contributed by atoms with Crippen molar-refractivity contribution in [2.75, 3.05) is 0 Å². The number of hydrogen-bond donors (Lipinski definition) is 0. The predicted molar refractivity (Wildman–Crippen MR) is 73.9 cm³/mol. The van der Waals surface area contributed by atoms with Crippen LogP contribution in [0, 0.1) is 0 Å². The average molecular weight is 277 g/mol. The number of azo groups is 1. The third-order valence-corrected chi connectivity index (χ3v) is 4.70. The van der Waals surface area contributed by atoms with Crippen molar-refractivity contribution < 1.29 is 0 Å². The highest BCUT2D eigenvalue weighted by Gasteiger charge is 2.02. The molecule has 0 radical (unpaired) electrons.